The minimum atomic E-state index is -0.511. The smallest absolute Gasteiger partial charge is 0.399 e. The van der Waals surface area contributed by atoms with Gasteiger partial charge in [-0.3, -0.25) is 0 Å². The molecule has 2 rings (SSSR count). The normalized spacial score (nSPS) is 20.9. The highest BCUT2D eigenvalue weighted by atomic mass is 32.2. The van der Waals surface area contributed by atoms with E-state index >= 15 is 0 Å². The molecule has 0 spiro atoms. The molecule has 1 aliphatic rings. The molecule has 0 aliphatic carbocycles. The van der Waals surface area contributed by atoms with Crippen LogP contribution in [-0.4, -0.2) is 24.6 Å². The van der Waals surface area contributed by atoms with Crippen molar-refractivity contribution in [3.05, 3.63) is 23.5 Å². The van der Waals surface area contributed by atoms with Gasteiger partial charge in [-0.15, -0.1) is 11.8 Å². The average Bonchev–Trinajstić information content (AvgIpc) is 2.50. The quantitative estimate of drug-likeness (QED) is 0.613. The Labute approximate surface area is 119 Å². The van der Waals surface area contributed by atoms with Crippen molar-refractivity contribution in [1.82, 2.24) is 0 Å². The number of aryl methyl sites for hydroxylation is 1. The first-order chi connectivity index (χ1) is 8.69. The van der Waals surface area contributed by atoms with Crippen LogP contribution in [0.5, 0.6) is 0 Å². The Bertz CT molecular complexity index is 486. The topological polar surface area (TPSA) is 18.5 Å². The standard InChI is InChI=1S/C14H20BFO2S/c1-9-7-8-10(16)12(19-6)11(9)15-17-13(2,3)14(4,5)18-15/h7-8H,1-6H3. The van der Waals surface area contributed by atoms with E-state index in [-0.39, 0.29) is 5.82 Å². The maximum absolute atomic E-state index is 13.9. The summed E-state index contributed by atoms with van der Waals surface area (Å²) in [6.07, 6.45) is 1.87. The van der Waals surface area contributed by atoms with Crippen molar-refractivity contribution in [3.8, 4) is 0 Å². The van der Waals surface area contributed by atoms with Crippen LogP contribution in [0.4, 0.5) is 4.39 Å². The highest BCUT2D eigenvalue weighted by Crippen LogP contribution is 2.37. The van der Waals surface area contributed by atoms with Crippen molar-refractivity contribution >= 4 is 24.3 Å². The molecular weight excluding hydrogens is 262 g/mol. The van der Waals surface area contributed by atoms with Crippen molar-refractivity contribution in [1.29, 1.82) is 0 Å². The van der Waals surface area contributed by atoms with Gasteiger partial charge in [0.15, 0.2) is 0 Å². The Kier molecular flexibility index (Phi) is 3.76. The van der Waals surface area contributed by atoms with Gasteiger partial charge in [0.25, 0.3) is 0 Å². The fourth-order valence-electron chi connectivity index (χ4n) is 2.13. The molecule has 1 saturated heterocycles. The van der Waals surface area contributed by atoms with Gasteiger partial charge in [-0.05, 0) is 46.9 Å². The highest BCUT2D eigenvalue weighted by Gasteiger charge is 2.52. The zero-order valence-corrected chi connectivity index (χ0v) is 13.2. The molecule has 0 atom stereocenters. The molecule has 1 aliphatic heterocycles. The van der Waals surface area contributed by atoms with Crippen molar-refractivity contribution in [3.63, 3.8) is 0 Å². The summed E-state index contributed by atoms with van der Waals surface area (Å²) in [7, 11) is -0.511. The maximum Gasteiger partial charge on any atom is 0.496 e. The number of hydrogen-bond acceptors (Lipinski definition) is 3. The molecular formula is C14H20BFO2S. The molecule has 0 N–H and O–H groups in total. The molecule has 0 bridgehead atoms. The maximum atomic E-state index is 13.9. The molecule has 104 valence electrons. The minimum Gasteiger partial charge on any atom is -0.399 e. The number of halogens is 1. The van der Waals surface area contributed by atoms with Crippen LogP contribution < -0.4 is 5.46 Å². The third kappa shape index (κ3) is 2.44. The zero-order chi connectivity index (χ0) is 14.4. The zero-order valence-electron chi connectivity index (χ0n) is 12.3. The number of hydrogen-bond donors (Lipinski definition) is 0. The Morgan fingerprint density at radius 2 is 1.63 bits per heavy atom. The Balaban J connectivity index is 2.48. The first kappa shape index (κ1) is 14.9. The van der Waals surface area contributed by atoms with Crippen molar-refractivity contribution in [2.75, 3.05) is 6.26 Å². The van der Waals surface area contributed by atoms with Gasteiger partial charge < -0.3 is 9.31 Å². The molecule has 1 heterocycles. The SMILES string of the molecule is CSc1c(F)ccc(C)c1B1OC(C)(C)C(C)(C)O1. The van der Waals surface area contributed by atoms with Gasteiger partial charge in [-0.25, -0.2) is 4.39 Å². The molecule has 0 radical (unpaired) electrons. The predicted octanol–water partition coefficient (Wildman–Crippen LogP) is 3.16. The monoisotopic (exact) mass is 282 g/mol. The van der Waals surface area contributed by atoms with E-state index in [1.165, 1.54) is 17.8 Å². The number of benzene rings is 1. The first-order valence-electron chi connectivity index (χ1n) is 6.38. The molecule has 1 aromatic rings. The molecule has 1 fully saturated rings. The van der Waals surface area contributed by atoms with Crippen LogP contribution in [0.2, 0.25) is 0 Å². The lowest BCUT2D eigenvalue weighted by Gasteiger charge is -2.32. The second-order valence-corrected chi connectivity index (χ2v) is 6.72. The van der Waals surface area contributed by atoms with E-state index in [2.05, 4.69) is 0 Å². The molecule has 2 nitrogen and oxygen atoms in total. The summed E-state index contributed by atoms with van der Waals surface area (Å²) in [5, 5.41) is 0. The van der Waals surface area contributed by atoms with Gasteiger partial charge in [0.05, 0.1) is 11.2 Å². The second kappa shape index (κ2) is 4.79. The van der Waals surface area contributed by atoms with E-state index < -0.39 is 18.3 Å². The van der Waals surface area contributed by atoms with E-state index in [1.54, 1.807) is 6.07 Å². The number of rotatable bonds is 2. The van der Waals surface area contributed by atoms with Gasteiger partial charge in [0.2, 0.25) is 0 Å². The first-order valence-corrected chi connectivity index (χ1v) is 7.61. The molecule has 5 heteroatoms. The van der Waals surface area contributed by atoms with Crippen LogP contribution >= 0.6 is 11.8 Å². The molecule has 1 aromatic carbocycles. The Morgan fingerprint density at radius 1 is 1.11 bits per heavy atom. The van der Waals surface area contributed by atoms with Gasteiger partial charge >= 0.3 is 7.12 Å². The summed E-state index contributed by atoms with van der Waals surface area (Å²) < 4.78 is 26.0. The number of thioether (sulfide) groups is 1. The van der Waals surface area contributed by atoms with E-state index in [4.69, 9.17) is 9.31 Å². The van der Waals surface area contributed by atoms with Crippen LogP contribution in [0.25, 0.3) is 0 Å². The summed E-state index contributed by atoms with van der Waals surface area (Å²) in [6.45, 7) is 9.96. The summed E-state index contributed by atoms with van der Waals surface area (Å²) in [5.41, 5.74) is 0.980. The van der Waals surface area contributed by atoms with Crippen LogP contribution in [0.1, 0.15) is 33.3 Å². The van der Waals surface area contributed by atoms with E-state index in [0.717, 1.165) is 11.0 Å². The largest absolute Gasteiger partial charge is 0.496 e. The molecule has 19 heavy (non-hydrogen) atoms. The second-order valence-electron chi connectivity index (χ2n) is 5.90. The van der Waals surface area contributed by atoms with Gasteiger partial charge in [0.1, 0.15) is 5.82 Å². The van der Waals surface area contributed by atoms with Crippen LogP contribution in [-0.2, 0) is 9.31 Å². The fraction of sp³-hybridized carbons (Fsp3) is 0.571. The summed E-state index contributed by atoms with van der Waals surface area (Å²) in [4.78, 5) is 0.610. The lowest BCUT2D eigenvalue weighted by Crippen LogP contribution is -2.41. The van der Waals surface area contributed by atoms with Gasteiger partial charge in [-0.1, -0.05) is 11.6 Å². The average molecular weight is 282 g/mol. The van der Waals surface area contributed by atoms with Crippen LogP contribution in [0, 0.1) is 12.7 Å². The van der Waals surface area contributed by atoms with E-state index in [9.17, 15) is 4.39 Å². The Morgan fingerprint density at radius 3 is 2.11 bits per heavy atom. The Hall–Kier alpha value is -0.515. The molecule has 0 unspecified atom stereocenters. The summed E-state index contributed by atoms with van der Waals surface area (Å²) >= 11 is 1.39. The lowest BCUT2D eigenvalue weighted by molar-refractivity contribution is 0.00578. The van der Waals surface area contributed by atoms with Crippen LogP contribution in [0.15, 0.2) is 17.0 Å². The van der Waals surface area contributed by atoms with Crippen LogP contribution in [0.3, 0.4) is 0 Å². The van der Waals surface area contributed by atoms with Gasteiger partial charge in [0, 0.05) is 10.4 Å². The highest BCUT2D eigenvalue weighted by molar-refractivity contribution is 7.98. The predicted molar refractivity (Wildman–Crippen MR) is 78.6 cm³/mol. The van der Waals surface area contributed by atoms with Gasteiger partial charge in [-0.2, -0.15) is 0 Å². The van der Waals surface area contributed by atoms with Crippen molar-refractivity contribution in [2.24, 2.45) is 0 Å². The third-order valence-corrected chi connectivity index (χ3v) is 4.88. The fourth-order valence-corrected chi connectivity index (χ4v) is 2.87. The van der Waals surface area contributed by atoms with Crippen molar-refractivity contribution in [2.45, 2.75) is 50.7 Å². The lowest BCUT2D eigenvalue weighted by atomic mass is 9.76. The minimum absolute atomic E-state index is 0.220. The van der Waals surface area contributed by atoms with Crippen molar-refractivity contribution < 1.29 is 13.7 Å². The molecule has 0 amide bonds. The summed E-state index contributed by atoms with van der Waals surface area (Å²) in [6, 6.07) is 3.27. The van der Waals surface area contributed by atoms with E-state index in [0.29, 0.717) is 4.90 Å². The molecule has 0 saturated carbocycles. The summed E-state index contributed by atoms with van der Waals surface area (Å²) in [5.74, 6) is -0.220. The molecule has 0 aromatic heterocycles. The van der Waals surface area contributed by atoms with E-state index in [1.807, 2.05) is 40.9 Å². The third-order valence-electron chi connectivity index (χ3n) is 4.06.